The summed E-state index contributed by atoms with van der Waals surface area (Å²) in [5.74, 6) is -0.145. The monoisotopic (exact) mass is 325 g/mol. The van der Waals surface area contributed by atoms with E-state index in [1.165, 1.54) is 6.07 Å². The van der Waals surface area contributed by atoms with E-state index in [0.717, 1.165) is 15.6 Å². The summed E-state index contributed by atoms with van der Waals surface area (Å²) in [4.78, 5) is 10.9. The predicted octanol–water partition coefficient (Wildman–Crippen LogP) is 3.43. The molecule has 0 aliphatic heterocycles. The van der Waals surface area contributed by atoms with Crippen molar-refractivity contribution in [2.24, 2.45) is 0 Å². The van der Waals surface area contributed by atoms with Gasteiger partial charge >= 0.3 is 5.97 Å². The van der Waals surface area contributed by atoms with Gasteiger partial charge in [-0.15, -0.1) is 0 Å². The van der Waals surface area contributed by atoms with Gasteiger partial charge in [0.1, 0.15) is 5.75 Å². The Balaban J connectivity index is 2.69. The molecule has 1 heterocycles. The lowest BCUT2D eigenvalue weighted by Gasteiger charge is -2.13. The number of nitrogens with zero attached hydrogens (tertiary/aromatic N) is 1. The molecule has 0 radical (unpaired) electrons. The number of hydrogen-bond donors (Lipinski definition) is 1. The van der Waals surface area contributed by atoms with Crippen LogP contribution in [-0.2, 0) is 0 Å². The van der Waals surface area contributed by atoms with Crippen molar-refractivity contribution < 1.29 is 19.2 Å². The number of carbonyl (C=O) groups is 1. The third-order valence-electron chi connectivity index (χ3n) is 2.76. The second kappa shape index (κ2) is 5.05. The Hall–Kier alpha value is -1.82. The second-order valence-corrected chi connectivity index (χ2v) is 4.91. The van der Waals surface area contributed by atoms with E-state index in [1.807, 2.05) is 19.9 Å². The van der Waals surface area contributed by atoms with E-state index in [1.54, 1.807) is 7.11 Å². The lowest BCUT2D eigenvalue weighted by molar-refractivity contribution is 0.0686. The van der Waals surface area contributed by atoms with Crippen LogP contribution in [0.15, 0.2) is 21.1 Å². The van der Waals surface area contributed by atoms with Gasteiger partial charge in [0, 0.05) is 10.5 Å². The summed E-state index contributed by atoms with van der Waals surface area (Å²) in [5.41, 5.74) is 2.47. The number of benzene rings is 1. The highest BCUT2D eigenvalue weighted by atomic mass is 79.9. The summed E-state index contributed by atoms with van der Waals surface area (Å²) in [6, 6.07) is 3.35. The fourth-order valence-electron chi connectivity index (χ4n) is 1.92. The summed E-state index contributed by atoms with van der Waals surface area (Å²) >= 11 is 3.47. The first-order valence-corrected chi connectivity index (χ1v) is 6.29. The molecule has 2 aromatic rings. The predicted molar refractivity (Wildman–Crippen MR) is 72.6 cm³/mol. The maximum atomic E-state index is 10.9. The van der Waals surface area contributed by atoms with Crippen LogP contribution in [0.2, 0.25) is 0 Å². The molecule has 1 N–H and O–H groups in total. The number of hydrogen-bond acceptors (Lipinski definition) is 4. The van der Waals surface area contributed by atoms with Gasteiger partial charge in [-0.2, -0.15) is 0 Å². The molecule has 19 heavy (non-hydrogen) atoms. The molecule has 0 spiro atoms. The Morgan fingerprint density at radius 1 is 1.37 bits per heavy atom. The molecule has 0 unspecified atom stereocenters. The first kappa shape index (κ1) is 13.6. The fraction of sp³-hybridized carbons (Fsp3) is 0.231. The minimum Gasteiger partial charge on any atom is -0.496 e. The van der Waals surface area contributed by atoms with Crippen LogP contribution in [0.5, 0.6) is 5.75 Å². The van der Waals surface area contributed by atoms with Crippen LogP contribution >= 0.6 is 15.9 Å². The first-order valence-electron chi connectivity index (χ1n) is 5.49. The molecule has 2 rings (SSSR count). The summed E-state index contributed by atoms with van der Waals surface area (Å²) in [6.07, 6.45) is 0. The standard InChI is InChI=1S/C13H12BrNO4/c1-6-4-7(2)12(18-3)10(11(6)14)9-5-8(13(16)17)15-19-9/h4-5H,1-3H3,(H,16,17). The van der Waals surface area contributed by atoms with Crippen LogP contribution in [0.1, 0.15) is 21.6 Å². The van der Waals surface area contributed by atoms with Gasteiger partial charge in [-0.3, -0.25) is 0 Å². The molecule has 6 heteroatoms. The Labute approximate surface area is 118 Å². The Kier molecular flexibility index (Phi) is 3.61. The Bertz CT molecular complexity index is 648. The summed E-state index contributed by atoms with van der Waals surface area (Å²) in [6.45, 7) is 3.85. The molecule has 0 saturated carbocycles. The number of rotatable bonds is 3. The van der Waals surface area contributed by atoms with Crippen molar-refractivity contribution in [1.29, 1.82) is 0 Å². The molecular formula is C13H12BrNO4. The largest absolute Gasteiger partial charge is 0.496 e. The fourth-order valence-corrected chi connectivity index (χ4v) is 2.41. The normalized spacial score (nSPS) is 10.5. The first-order chi connectivity index (χ1) is 8.95. The number of ether oxygens (including phenoxy) is 1. The highest BCUT2D eigenvalue weighted by molar-refractivity contribution is 9.10. The number of carboxylic acids is 1. The van der Waals surface area contributed by atoms with Crippen molar-refractivity contribution in [3.8, 4) is 17.1 Å². The van der Waals surface area contributed by atoms with E-state index in [2.05, 4.69) is 21.1 Å². The molecule has 100 valence electrons. The summed E-state index contributed by atoms with van der Waals surface area (Å²) < 4.78 is 11.3. The van der Waals surface area contributed by atoms with Crippen LogP contribution in [-0.4, -0.2) is 23.3 Å². The molecule has 0 amide bonds. The van der Waals surface area contributed by atoms with Gasteiger partial charge < -0.3 is 14.4 Å². The number of aryl methyl sites for hydroxylation is 2. The van der Waals surface area contributed by atoms with Gasteiger partial charge in [-0.1, -0.05) is 11.2 Å². The van der Waals surface area contributed by atoms with Gasteiger partial charge in [0.15, 0.2) is 11.5 Å². The molecule has 5 nitrogen and oxygen atoms in total. The van der Waals surface area contributed by atoms with Crippen molar-refractivity contribution in [3.63, 3.8) is 0 Å². The van der Waals surface area contributed by atoms with Gasteiger partial charge in [0.25, 0.3) is 0 Å². The molecule has 0 aliphatic rings. The summed E-state index contributed by atoms with van der Waals surface area (Å²) in [7, 11) is 1.56. The number of aromatic nitrogens is 1. The maximum Gasteiger partial charge on any atom is 0.358 e. The average Bonchev–Trinajstić information content (AvgIpc) is 2.82. The Morgan fingerprint density at radius 2 is 2.05 bits per heavy atom. The van der Waals surface area contributed by atoms with Crippen molar-refractivity contribution in [1.82, 2.24) is 5.16 Å². The number of carboxylic acid groups (broad SMARTS) is 1. The van der Waals surface area contributed by atoms with E-state index in [0.29, 0.717) is 17.1 Å². The lowest BCUT2D eigenvalue weighted by Crippen LogP contribution is -1.95. The number of halogens is 1. The minimum atomic E-state index is -1.13. The molecule has 1 aromatic carbocycles. The van der Waals surface area contributed by atoms with E-state index >= 15 is 0 Å². The zero-order valence-corrected chi connectivity index (χ0v) is 12.2. The zero-order valence-electron chi connectivity index (χ0n) is 10.7. The smallest absolute Gasteiger partial charge is 0.358 e. The van der Waals surface area contributed by atoms with Crippen LogP contribution in [0, 0.1) is 13.8 Å². The van der Waals surface area contributed by atoms with E-state index in [-0.39, 0.29) is 5.69 Å². The van der Waals surface area contributed by atoms with E-state index in [4.69, 9.17) is 14.4 Å². The third-order valence-corrected chi connectivity index (χ3v) is 3.79. The molecule has 0 bridgehead atoms. The van der Waals surface area contributed by atoms with Gasteiger partial charge in [-0.25, -0.2) is 4.79 Å². The SMILES string of the molecule is COc1c(C)cc(C)c(Br)c1-c1cc(C(=O)O)no1. The van der Waals surface area contributed by atoms with E-state index < -0.39 is 5.97 Å². The van der Waals surface area contributed by atoms with Crippen LogP contribution < -0.4 is 4.74 Å². The van der Waals surface area contributed by atoms with Crippen molar-refractivity contribution >= 4 is 21.9 Å². The molecule has 0 atom stereocenters. The quantitative estimate of drug-likeness (QED) is 0.935. The van der Waals surface area contributed by atoms with Gasteiger partial charge in [0.2, 0.25) is 0 Å². The van der Waals surface area contributed by atoms with Crippen LogP contribution in [0.4, 0.5) is 0 Å². The van der Waals surface area contributed by atoms with Gasteiger partial charge in [0.05, 0.1) is 12.7 Å². The zero-order chi connectivity index (χ0) is 14.2. The molecule has 0 saturated heterocycles. The highest BCUT2D eigenvalue weighted by Gasteiger charge is 2.21. The Morgan fingerprint density at radius 3 is 2.58 bits per heavy atom. The topological polar surface area (TPSA) is 72.6 Å². The maximum absolute atomic E-state index is 10.9. The van der Waals surface area contributed by atoms with Crippen molar-refractivity contribution in [2.75, 3.05) is 7.11 Å². The van der Waals surface area contributed by atoms with Gasteiger partial charge in [-0.05, 0) is 40.9 Å². The second-order valence-electron chi connectivity index (χ2n) is 4.11. The highest BCUT2D eigenvalue weighted by Crippen LogP contribution is 2.41. The third kappa shape index (κ3) is 2.35. The summed E-state index contributed by atoms with van der Waals surface area (Å²) in [5, 5.41) is 12.4. The number of aromatic carboxylic acids is 1. The molecular weight excluding hydrogens is 314 g/mol. The van der Waals surface area contributed by atoms with Crippen molar-refractivity contribution in [2.45, 2.75) is 13.8 Å². The molecule has 1 aromatic heterocycles. The average molecular weight is 326 g/mol. The van der Waals surface area contributed by atoms with Crippen LogP contribution in [0.25, 0.3) is 11.3 Å². The number of methoxy groups -OCH3 is 1. The molecule has 0 fully saturated rings. The lowest BCUT2D eigenvalue weighted by atomic mass is 10.0. The molecule has 0 aliphatic carbocycles. The van der Waals surface area contributed by atoms with Crippen LogP contribution in [0.3, 0.4) is 0 Å². The van der Waals surface area contributed by atoms with E-state index in [9.17, 15) is 4.79 Å². The minimum absolute atomic E-state index is 0.136. The van der Waals surface area contributed by atoms with Crippen molar-refractivity contribution in [3.05, 3.63) is 33.4 Å².